The topological polar surface area (TPSA) is 11.4 Å². The maximum atomic E-state index is 2.62. The summed E-state index contributed by atoms with van der Waals surface area (Å²) in [6, 6.07) is 87.8. The van der Waals surface area contributed by atoms with Crippen LogP contribution < -0.4 is 30.5 Å². The third kappa shape index (κ3) is 8.13. The van der Waals surface area contributed by atoms with Gasteiger partial charge in [0.1, 0.15) is 0 Å². The lowest BCUT2D eigenvalue weighted by Gasteiger charge is -2.40. The van der Waals surface area contributed by atoms with Crippen LogP contribution in [0.1, 0.15) is 22.3 Å². The van der Waals surface area contributed by atoms with Crippen molar-refractivity contribution >= 4 is 131 Å². The lowest BCUT2D eigenvalue weighted by Crippen LogP contribution is -2.37. The molecule has 0 atom stereocenters. The fraction of sp³-hybridized carbons (Fsp3) is 0.173. The summed E-state index contributed by atoms with van der Waals surface area (Å²) < 4.78 is 2.62. The monoisotopic (exact) mass is 1130 g/mol. The van der Waals surface area contributed by atoms with Crippen LogP contribution in [0.4, 0.5) is 34.1 Å². The summed E-state index contributed by atoms with van der Waals surface area (Å²) in [5.41, 5.74) is 17.8. The van der Waals surface area contributed by atoms with Crippen LogP contribution in [-0.4, -0.2) is 36.9 Å². The number of benzene rings is 11. The van der Waals surface area contributed by atoms with Crippen molar-refractivity contribution < 1.29 is 0 Å². The van der Waals surface area contributed by atoms with Gasteiger partial charge in [-0.3, -0.25) is 0 Å². The number of fused-ring (bicyclic) bond motifs is 16. The van der Waals surface area contributed by atoms with Gasteiger partial charge in [0, 0.05) is 44.9 Å². The highest BCUT2D eigenvalue weighted by Crippen LogP contribution is 2.64. The zero-order chi connectivity index (χ0) is 56.8. The molecule has 7 heteroatoms. The second-order valence-electron chi connectivity index (χ2n) is 27.5. The first-order chi connectivity index (χ1) is 39.2. The molecule has 0 fully saturated rings. The SMILES string of the molecule is C[Si](C)(C)c1ccc(N(c2ccc([Si](C)(C)C)cc2)c2ccc3c(c2)c2cc(N(c4ccc([Si](C)(C)C)cc4)c4ccc([Si](C)(C)C)cc4)cc4c2n3-c2ccccc2C42c3ccc4ccccc4c3-c3c2ccc2ccccc32)cc1. The van der Waals surface area contributed by atoms with Crippen molar-refractivity contribution in [2.75, 3.05) is 9.80 Å². The van der Waals surface area contributed by atoms with E-state index in [1.807, 2.05) is 0 Å². The lowest BCUT2D eigenvalue weighted by atomic mass is 9.65. The van der Waals surface area contributed by atoms with E-state index in [0.29, 0.717) is 0 Å². The zero-order valence-corrected chi connectivity index (χ0v) is 53.7. The van der Waals surface area contributed by atoms with Crippen LogP contribution in [0.15, 0.2) is 224 Å². The lowest BCUT2D eigenvalue weighted by molar-refractivity contribution is 0.749. The highest BCUT2D eigenvalue weighted by molar-refractivity contribution is 6.90. The van der Waals surface area contributed by atoms with Gasteiger partial charge in [-0.25, -0.2) is 0 Å². The molecule has 0 amide bonds. The first-order valence-electron chi connectivity index (χ1n) is 29.5. The molecular formula is C75H73N3Si4. The number of hydrogen-bond acceptors (Lipinski definition) is 2. The third-order valence-electron chi connectivity index (χ3n) is 18.2. The molecule has 14 rings (SSSR count). The predicted octanol–water partition coefficient (Wildman–Crippen LogP) is 18.9. The van der Waals surface area contributed by atoms with Gasteiger partial charge < -0.3 is 14.4 Å². The first kappa shape index (κ1) is 52.3. The van der Waals surface area contributed by atoms with Crippen LogP contribution in [0.3, 0.4) is 0 Å². The van der Waals surface area contributed by atoms with Gasteiger partial charge in [-0.1, -0.05) is 239 Å². The van der Waals surface area contributed by atoms with Gasteiger partial charge in [0.2, 0.25) is 0 Å². The van der Waals surface area contributed by atoms with Crippen LogP contribution in [0.5, 0.6) is 0 Å². The van der Waals surface area contributed by atoms with Gasteiger partial charge in [-0.05, 0) is 140 Å². The van der Waals surface area contributed by atoms with Crippen LogP contribution in [-0.2, 0) is 5.41 Å². The molecule has 0 saturated heterocycles. The molecule has 12 aromatic rings. The van der Waals surface area contributed by atoms with Gasteiger partial charge in [0.25, 0.3) is 0 Å². The average Bonchev–Trinajstić information content (AvgIpc) is 1.87. The summed E-state index contributed by atoms with van der Waals surface area (Å²) in [6.45, 7) is 29.3. The van der Waals surface area contributed by atoms with Gasteiger partial charge in [-0.2, -0.15) is 0 Å². The van der Waals surface area contributed by atoms with Crippen molar-refractivity contribution in [3.05, 3.63) is 247 Å². The summed E-state index contributed by atoms with van der Waals surface area (Å²) in [4.78, 5) is 5.06. The number of aromatic nitrogens is 1. The van der Waals surface area contributed by atoms with E-state index in [2.05, 4.69) is 317 Å². The second kappa shape index (κ2) is 18.6. The Morgan fingerprint density at radius 3 is 1.11 bits per heavy atom. The van der Waals surface area contributed by atoms with E-state index in [0.717, 1.165) is 34.1 Å². The molecule has 11 aromatic carbocycles. The van der Waals surface area contributed by atoms with Crippen molar-refractivity contribution in [3.63, 3.8) is 0 Å². The van der Waals surface area contributed by atoms with E-state index in [1.54, 1.807) is 0 Å². The van der Waals surface area contributed by atoms with E-state index in [4.69, 9.17) is 0 Å². The van der Waals surface area contributed by atoms with Crippen molar-refractivity contribution in [3.8, 4) is 16.8 Å². The summed E-state index contributed by atoms with van der Waals surface area (Å²) in [5, 5.41) is 13.4. The molecule has 0 bridgehead atoms. The van der Waals surface area contributed by atoms with E-state index in [9.17, 15) is 0 Å². The maximum absolute atomic E-state index is 2.62. The molecule has 0 N–H and O–H groups in total. The quantitative estimate of drug-likeness (QED) is 0.126. The Morgan fingerprint density at radius 1 is 0.293 bits per heavy atom. The predicted molar refractivity (Wildman–Crippen MR) is 368 cm³/mol. The molecule has 82 heavy (non-hydrogen) atoms. The highest BCUT2D eigenvalue weighted by Gasteiger charge is 2.52. The molecule has 3 nitrogen and oxygen atoms in total. The van der Waals surface area contributed by atoms with Crippen molar-refractivity contribution in [1.29, 1.82) is 0 Å². The molecule has 2 aliphatic rings. The molecule has 0 unspecified atom stereocenters. The van der Waals surface area contributed by atoms with Crippen LogP contribution in [0, 0.1) is 0 Å². The van der Waals surface area contributed by atoms with Crippen molar-refractivity contribution in [1.82, 2.24) is 4.57 Å². The minimum atomic E-state index is -1.62. The molecule has 0 saturated carbocycles. The van der Waals surface area contributed by atoms with Crippen molar-refractivity contribution in [2.45, 2.75) is 84.0 Å². The molecule has 1 aliphatic heterocycles. The number of rotatable bonds is 10. The Hall–Kier alpha value is -7.79. The second-order valence-corrected chi connectivity index (χ2v) is 47.8. The molecule has 404 valence electrons. The maximum Gasteiger partial charge on any atom is 0.0775 e. The number of hydrogen-bond donors (Lipinski definition) is 0. The van der Waals surface area contributed by atoms with Gasteiger partial charge in [-0.15, -0.1) is 0 Å². The van der Waals surface area contributed by atoms with E-state index in [1.165, 1.54) is 103 Å². The van der Waals surface area contributed by atoms with Crippen molar-refractivity contribution in [2.24, 2.45) is 0 Å². The van der Waals surface area contributed by atoms with Crippen LogP contribution in [0.25, 0.3) is 60.2 Å². The smallest absolute Gasteiger partial charge is 0.0775 e. The van der Waals surface area contributed by atoms with E-state index >= 15 is 0 Å². The summed E-state index contributed by atoms with van der Waals surface area (Å²) >= 11 is 0. The van der Waals surface area contributed by atoms with Gasteiger partial charge >= 0.3 is 0 Å². The normalized spacial score (nSPS) is 13.7. The standard InChI is InChI=1S/C75H73N3Si4/c1-79(2,3)58-36-27-52(28-37-58)76(53-29-38-59(39-30-53)80(4,5)6)56-35-46-70-64(47-56)65-48-57(77(54-31-40-60(41-32-54)81(7,8)9)55-33-42-61(43-34-55)82(10,11)12)49-69-74(65)78(70)71-24-18-17-23-66(71)75(69)67-44-25-50-19-13-15-21-62(50)72(67)73-63-22-16-14-20-51(63)26-45-68(73)75/h13-49H,1-12H3. The Balaban J connectivity index is 1.13. The van der Waals surface area contributed by atoms with E-state index < -0.39 is 37.7 Å². The average molecular weight is 1130 g/mol. The highest BCUT2D eigenvalue weighted by atomic mass is 28.3. The third-order valence-corrected chi connectivity index (χ3v) is 26.4. The Morgan fingerprint density at radius 2 is 0.671 bits per heavy atom. The molecule has 1 aromatic heterocycles. The first-order valence-corrected chi connectivity index (χ1v) is 43.5. The zero-order valence-electron chi connectivity index (χ0n) is 49.7. The summed E-state index contributed by atoms with van der Waals surface area (Å²) in [5.74, 6) is 0. The van der Waals surface area contributed by atoms with E-state index in [-0.39, 0.29) is 0 Å². The van der Waals surface area contributed by atoms with Gasteiger partial charge in [0.15, 0.2) is 0 Å². The molecule has 2 heterocycles. The number of para-hydroxylation sites is 1. The fourth-order valence-electron chi connectivity index (χ4n) is 13.8. The number of anilines is 6. The Labute approximate surface area is 489 Å². The fourth-order valence-corrected chi connectivity index (χ4v) is 18.5. The largest absolute Gasteiger partial charge is 0.310 e. The Kier molecular flexibility index (Phi) is 11.9. The van der Waals surface area contributed by atoms with Gasteiger partial charge in [0.05, 0.1) is 54.4 Å². The minimum Gasteiger partial charge on any atom is -0.310 e. The summed E-state index contributed by atoms with van der Waals surface area (Å²) in [7, 11) is -6.36. The summed E-state index contributed by atoms with van der Waals surface area (Å²) in [6.07, 6.45) is 0. The molecule has 1 aliphatic carbocycles. The van der Waals surface area contributed by atoms with Crippen LogP contribution >= 0.6 is 0 Å². The molecular weight excluding hydrogens is 1060 g/mol. The molecule has 0 radical (unpaired) electrons. The van der Waals surface area contributed by atoms with Crippen LogP contribution in [0.2, 0.25) is 78.6 Å². The minimum absolute atomic E-state index is 0.686. The number of nitrogens with zero attached hydrogens (tertiary/aromatic N) is 3. The molecule has 1 spiro atoms. The Bertz CT molecular complexity index is 4330.